The number of hydrogen-bond donors (Lipinski definition) is 1. The summed E-state index contributed by atoms with van der Waals surface area (Å²) < 4.78 is 10.9. The molecule has 8 nitrogen and oxygen atoms in total. The Balaban J connectivity index is 0.00000225. The predicted molar refractivity (Wildman–Crippen MR) is 112 cm³/mol. The Bertz CT molecular complexity index is 737. The highest BCUT2D eigenvalue weighted by molar-refractivity contribution is 5.85. The molecule has 4 rings (SSSR count). The third-order valence-electron chi connectivity index (χ3n) is 4.92. The summed E-state index contributed by atoms with van der Waals surface area (Å²) in [6, 6.07) is 6.23. The molecule has 0 bridgehead atoms. The molecule has 0 spiro atoms. The number of aromatic nitrogens is 3. The van der Waals surface area contributed by atoms with Crippen LogP contribution in [0.2, 0.25) is 0 Å². The average Bonchev–Trinajstić information content (AvgIpc) is 2.72. The molecule has 2 saturated heterocycles. The highest BCUT2D eigenvalue weighted by Crippen LogP contribution is 2.25. The van der Waals surface area contributed by atoms with Gasteiger partial charge in [-0.1, -0.05) is 18.2 Å². The SMILES string of the molecule is Cc1cccc(C)c1Nc1nc(N2CCOCC2)nc(N2CCOCC2)n1.Cl. The van der Waals surface area contributed by atoms with Crippen LogP contribution in [0, 0.1) is 13.8 Å². The lowest BCUT2D eigenvalue weighted by Crippen LogP contribution is -2.40. The van der Waals surface area contributed by atoms with Crippen molar-refractivity contribution in [3.63, 3.8) is 0 Å². The van der Waals surface area contributed by atoms with E-state index in [0.29, 0.717) is 44.3 Å². The first kappa shape index (κ1) is 20.6. The Labute approximate surface area is 171 Å². The van der Waals surface area contributed by atoms with Crippen molar-refractivity contribution in [2.24, 2.45) is 0 Å². The zero-order chi connectivity index (χ0) is 18.6. The molecule has 152 valence electrons. The molecule has 2 aliphatic heterocycles. The van der Waals surface area contributed by atoms with Crippen LogP contribution in [-0.4, -0.2) is 67.6 Å². The van der Waals surface area contributed by atoms with Crippen LogP contribution < -0.4 is 15.1 Å². The first-order chi connectivity index (χ1) is 13.2. The molecular formula is C19H27ClN6O2. The molecule has 1 aromatic carbocycles. The molecule has 0 saturated carbocycles. The van der Waals surface area contributed by atoms with Gasteiger partial charge in [0.1, 0.15) is 0 Å². The molecular weight excluding hydrogens is 380 g/mol. The quantitative estimate of drug-likeness (QED) is 0.829. The van der Waals surface area contributed by atoms with E-state index < -0.39 is 0 Å². The molecule has 0 aliphatic carbocycles. The minimum absolute atomic E-state index is 0. The molecule has 0 unspecified atom stereocenters. The van der Waals surface area contributed by atoms with Gasteiger partial charge in [0.2, 0.25) is 17.8 Å². The van der Waals surface area contributed by atoms with Gasteiger partial charge >= 0.3 is 0 Å². The summed E-state index contributed by atoms with van der Waals surface area (Å²) in [6.45, 7) is 10.1. The van der Waals surface area contributed by atoms with E-state index in [1.54, 1.807) is 0 Å². The number of aryl methyl sites for hydroxylation is 2. The van der Waals surface area contributed by atoms with Crippen LogP contribution in [0.5, 0.6) is 0 Å². The van der Waals surface area contributed by atoms with E-state index in [4.69, 9.17) is 24.4 Å². The van der Waals surface area contributed by atoms with Gasteiger partial charge in [-0.25, -0.2) is 0 Å². The van der Waals surface area contributed by atoms with Crippen LogP contribution in [0.15, 0.2) is 18.2 Å². The number of nitrogens with one attached hydrogen (secondary N) is 1. The summed E-state index contributed by atoms with van der Waals surface area (Å²) in [5, 5.41) is 3.42. The van der Waals surface area contributed by atoms with Crippen LogP contribution in [0.1, 0.15) is 11.1 Å². The standard InChI is InChI=1S/C19H26N6O2.ClH/c1-14-4-3-5-15(2)16(14)20-17-21-18(24-6-10-26-11-7-24)23-19(22-17)25-8-12-27-13-9-25;/h3-5H,6-13H2,1-2H3,(H,20,21,22,23);1H. The minimum atomic E-state index is 0. The Morgan fingerprint density at radius 1 is 0.786 bits per heavy atom. The minimum Gasteiger partial charge on any atom is -0.378 e. The van der Waals surface area contributed by atoms with Crippen LogP contribution in [-0.2, 0) is 9.47 Å². The lowest BCUT2D eigenvalue weighted by molar-refractivity contribution is 0.121. The van der Waals surface area contributed by atoms with Crippen molar-refractivity contribution in [2.45, 2.75) is 13.8 Å². The van der Waals surface area contributed by atoms with Crippen LogP contribution in [0.25, 0.3) is 0 Å². The fourth-order valence-electron chi connectivity index (χ4n) is 3.34. The Morgan fingerprint density at radius 2 is 1.25 bits per heavy atom. The molecule has 1 N–H and O–H groups in total. The van der Waals surface area contributed by atoms with Crippen molar-refractivity contribution < 1.29 is 9.47 Å². The van der Waals surface area contributed by atoms with Gasteiger partial charge in [0.25, 0.3) is 0 Å². The van der Waals surface area contributed by atoms with Crippen LogP contribution in [0.4, 0.5) is 23.5 Å². The number of ether oxygens (including phenoxy) is 2. The zero-order valence-corrected chi connectivity index (χ0v) is 17.2. The van der Waals surface area contributed by atoms with Gasteiger partial charge in [-0.2, -0.15) is 15.0 Å². The smallest absolute Gasteiger partial charge is 0.233 e. The average molecular weight is 407 g/mol. The number of nitrogens with zero attached hydrogens (tertiary/aromatic N) is 5. The van der Waals surface area contributed by atoms with Crippen molar-refractivity contribution in [3.05, 3.63) is 29.3 Å². The Kier molecular flexibility index (Phi) is 6.88. The van der Waals surface area contributed by atoms with E-state index in [1.807, 2.05) is 0 Å². The third kappa shape index (κ3) is 4.63. The molecule has 28 heavy (non-hydrogen) atoms. The summed E-state index contributed by atoms with van der Waals surface area (Å²) in [5.41, 5.74) is 3.37. The van der Waals surface area contributed by atoms with Crippen molar-refractivity contribution in [2.75, 3.05) is 67.7 Å². The normalized spacial score (nSPS) is 17.2. The predicted octanol–water partition coefficient (Wildman–Crippen LogP) is 2.33. The summed E-state index contributed by atoms with van der Waals surface area (Å²) in [7, 11) is 0. The number of morpholine rings is 2. The molecule has 1 aromatic heterocycles. The zero-order valence-electron chi connectivity index (χ0n) is 16.3. The van der Waals surface area contributed by atoms with E-state index in [2.05, 4.69) is 47.2 Å². The van der Waals surface area contributed by atoms with Crippen molar-refractivity contribution >= 4 is 35.9 Å². The molecule has 3 heterocycles. The monoisotopic (exact) mass is 406 g/mol. The Morgan fingerprint density at radius 3 is 1.71 bits per heavy atom. The van der Waals surface area contributed by atoms with E-state index >= 15 is 0 Å². The number of para-hydroxylation sites is 1. The lowest BCUT2D eigenvalue weighted by Gasteiger charge is -2.30. The van der Waals surface area contributed by atoms with Crippen LogP contribution >= 0.6 is 12.4 Å². The van der Waals surface area contributed by atoms with Gasteiger partial charge in [-0.3, -0.25) is 0 Å². The maximum atomic E-state index is 5.47. The summed E-state index contributed by atoms with van der Waals surface area (Å²) in [5.74, 6) is 1.97. The summed E-state index contributed by atoms with van der Waals surface area (Å²) >= 11 is 0. The molecule has 2 fully saturated rings. The van der Waals surface area contributed by atoms with Gasteiger partial charge in [0, 0.05) is 31.9 Å². The largest absolute Gasteiger partial charge is 0.378 e. The Hall–Kier alpha value is -2.16. The van der Waals surface area contributed by atoms with E-state index in [-0.39, 0.29) is 12.4 Å². The van der Waals surface area contributed by atoms with Gasteiger partial charge in [-0.15, -0.1) is 12.4 Å². The van der Waals surface area contributed by atoms with E-state index in [9.17, 15) is 0 Å². The van der Waals surface area contributed by atoms with Gasteiger partial charge in [0.05, 0.1) is 26.4 Å². The fourth-order valence-corrected chi connectivity index (χ4v) is 3.34. The first-order valence-corrected chi connectivity index (χ1v) is 9.45. The molecule has 0 atom stereocenters. The van der Waals surface area contributed by atoms with Gasteiger partial charge in [0.15, 0.2) is 0 Å². The number of rotatable bonds is 4. The molecule has 0 amide bonds. The summed E-state index contributed by atoms with van der Waals surface area (Å²) in [4.78, 5) is 18.5. The molecule has 0 radical (unpaired) electrons. The van der Waals surface area contributed by atoms with Gasteiger partial charge in [-0.05, 0) is 25.0 Å². The summed E-state index contributed by atoms with van der Waals surface area (Å²) in [6.07, 6.45) is 0. The molecule has 2 aromatic rings. The number of hydrogen-bond acceptors (Lipinski definition) is 8. The van der Waals surface area contributed by atoms with Crippen molar-refractivity contribution in [1.29, 1.82) is 0 Å². The molecule has 9 heteroatoms. The van der Waals surface area contributed by atoms with Crippen molar-refractivity contribution in [1.82, 2.24) is 15.0 Å². The topological polar surface area (TPSA) is 75.6 Å². The highest BCUT2D eigenvalue weighted by Gasteiger charge is 2.21. The van der Waals surface area contributed by atoms with Crippen LogP contribution in [0.3, 0.4) is 0 Å². The second-order valence-electron chi connectivity index (χ2n) is 6.85. The lowest BCUT2D eigenvalue weighted by atomic mass is 10.1. The first-order valence-electron chi connectivity index (χ1n) is 9.45. The third-order valence-corrected chi connectivity index (χ3v) is 4.92. The highest BCUT2D eigenvalue weighted by atomic mass is 35.5. The number of anilines is 4. The van der Waals surface area contributed by atoms with Gasteiger partial charge < -0.3 is 24.6 Å². The molecule has 2 aliphatic rings. The van der Waals surface area contributed by atoms with E-state index in [1.165, 1.54) is 0 Å². The maximum absolute atomic E-state index is 5.47. The second kappa shape index (κ2) is 9.36. The number of benzene rings is 1. The number of halogens is 1. The van der Waals surface area contributed by atoms with Crippen molar-refractivity contribution in [3.8, 4) is 0 Å². The van der Waals surface area contributed by atoms with E-state index in [0.717, 1.165) is 43.0 Å². The maximum Gasteiger partial charge on any atom is 0.233 e. The second-order valence-corrected chi connectivity index (χ2v) is 6.85. The fraction of sp³-hybridized carbons (Fsp3) is 0.526.